The molecule has 0 saturated carbocycles. The van der Waals surface area contributed by atoms with Crippen LogP contribution in [-0.4, -0.2) is 36.9 Å². The second-order valence-corrected chi connectivity index (χ2v) is 7.99. The van der Waals surface area contributed by atoms with Crippen molar-refractivity contribution in [3.05, 3.63) is 53.9 Å². The van der Waals surface area contributed by atoms with Crippen molar-refractivity contribution < 1.29 is 22.0 Å². The van der Waals surface area contributed by atoms with Gasteiger partial charge in [-0.2, -0.15) is 0 Å². The monoisotopic (exact) mass is 367 g/mol. The summed E-state index contributed by atoms with van der Waals surface area (Å²) in [5.41, 5.74) is 0.0467. The molecule has 132 valence electrons. The summed E-state index contributed by atoms with van der Waals surface area (Å²) in [6.45, 7) is 0. The Labute approximate surface area is 143 Å². The van der Waals surface area contributed by atoms with E-state index in [-0.39, 0.29) is 28.4 Å². The average Bonchev–Trinajstić information content (AvgIpc) is 2.90. The fourth-order valence-electron chi connectivity index (χ4n) is 2.57. The number of aromatic nitrogens is 1. The van der Waals surface area contributed by atoms with Gasteiger partial charge in [-0.3, -0.25) is 9.78 Å². The second-order valence-electron chi connectivity index (χ2n) is 5.76. The van der Waals surface area contributed by atoms with E-state index in [0.717, 1.165) is 12.1 Å². The zero-order valence-corrected chi connectivity index (χ0v) is 13.8. The molecule has 2 heterocycles. The molecule has 1 atom stereocenters. The van der Waals surface area contributed by atoms with E-state index in [1.807, 2.05) is 0 Å². The van der Waals surface area contributed by atoms with Gasteiger partial charge in [-0.15, -0.1) is 0 Å². The molecular weight excluding hydrogens is 352 g/mol. The van der Waals surface area contributed by atoms with Gasteiger partial charge in [0.1, 0.15) is 17.3 Å². The number of rotatable bonds is 4. The zero-order chi connectivity index (χ0) is 18.0. The minimum atomic E-state index is -3.11. The summed E-state index contributed by atoms with van der Waals surface area (Å²) in [6, 6.07) is 4.40. The lowest BCUT2D eigenvalue weighted by molar-refractivity contribution is 0.0941. The van der Waals surface area contributed by atoms with E-state index in [1.165, 1.54) is 24.5 Å². The first-order chi connectivity index (χ1) is 11.8. The number of amides is 1. The lowest BCUT2D eigenvalue weighted by atomic mass is 10.2. The van der Waals surface area contributed by atoms with E-state index in [9.17, 15) is 22.0 Å². The van der Waals surface area contributed by atoms with Crippen molar-refractivity contribution in [1.29, 1.82) is 0 Å². The fourth-order valence-corrected chi connectivity index (χ4v) is 4.24. The zero-order valence-electron chi connectivity index (χ0n) is 13.0. The van der Waals surface area contributed by atoms with Crippen LogP contribution in [0.25, 0.3) is 0 Å². The fraction of sp³-hybridized carbons (Fsp3) is 0.250. The minimum absolute atomic E-state index is 0.0460. The predicted molar refractivity (Wildman–Crippen MR) is 88.4 cm³/mol. The summed E-state index contributed by atoms with van der Waals surface area (Å²) in [6.07, 6.45) is 2.98. The topological polar surface area (TPSA) is 88.2 Å². The van der Waals surface area contributed by atoms with E-state index in [1.54, 1.807) is 0 Å². The van der Waals surface area contributed by atoms with E-state index in [0.29, 0.717) is 6.42 Å². The van der Waals surface area contributed by atoms with Gasteiger partial charge < -0.3 is 10.6 Å². The molecular formula is C16H15F2N3O3S. The van der Waals surface area contributed by atoms with Crippen LogP contribution in [0.4, 0.5) is 20.2 Å². The minimum Gasteiger partial charge on any atom is -0.349 e. The van der Waals surface area contributed by atoms with Gasteiger partial charge in [0.25, 0.3) is 5.91 Å². The Kier molecular flexibility index (Phi) is 4.67. The average molecular weight is 367 g/mol. The van der Waals surface area contributed by atoms with Crippen LogP contribution in [0.15, 0.2) is 36.7 Å². The number of benzene rings is 1. The number of para-hydroxylation sites is 1. The molecule has 0 radical (unpaired) electrons. The summed E-state index contributed by atoms with van der Waals surface area (Å²) in [5, 5.41) is 5.18. The lowest BCUT2D eigenvalue weighted by Crippen LogP contribution is -2.35. The van der Waals surface area contributed by atoms with Crippen LogP contribution in [-0.2, 0) is 9.84 Å². The number of hydrogen-bond acceptors (Lipinski definition) is 5. The van der Waals surface area contributed by atoms with Crippen LogP contribution in [0, 0.1) is 11.6 Å². The molecule has 1 amide bonds. The van der Waals surface area contributed by atoms with Crippen LogP contribution in [0.5, 0.6) is 0 Å². The van der Waals surface area contributed by atoms with Gasteiger partial charge in [0.05, 0.1) is 29.0 Å². The normalized spacial score (nSPS) is 18.7. The third-order valence-corrected chi connectivity index (χ3v) is 5.57. The number of pyridine rings is 1. The quantitative estimate of drug-likeness (QED) is 0.863. The molecule has 2 N–H and O–H groups in total. The Morgan fingerprint density at radius 3 is 2.56 bits per heavy atom. The van der Waals surface area contributed by atoms with Crippen molar-refractivity contribution in [3.63, 3.8) is 0 Å². The van der Waals surface area contributed by atoms with Gasteiger partial charge in [-0.1, -0.05) is 6.07 Å². The lowest BCUT2D eigenvalue weighted by Gasteiger charge is -2.12. The first kappa shape index (κ1) is 17.3. The number of hydrogen-bond donors (Lipinski definition) is 2. The van der Waals surface area contributed by atoms with Crippen LogP contribution in [0.3, 0.4) is 0 Å². The first-order valence-corrected chi connectivity index (χ1v) is 9.33. The van der Waals surface area contributed by atoms with E-state index in [2.05, 4.69) is 15.6 Å². The molecule has 1 fully saturated rings. The molecule has 2 aromatic rings. The molecule has 1 aromatic carbocycles. The third-order valence-electron chi connectivity index (χ3n) is 3.80. The van der Waals surface area contributed by atoms with Crippen molar-refractivity contribution in [3.8, 4) is 0 Å². The molecule has 0 spiro atoms. The van der Waals surface area contributed by atoms with Crippen molar-refractivity contribution in [2.24, 2.45) is 0 Å². The van der Waals surface area contributed by atoms with Gasteiger partial charge >= 0.3 is 0 Å². The maximum Gasteiger partial charge on any atom is 0.253 e. The molecule has 1 aliphatic heterocycles. The van der Waals surface area contributed by atoms with Gasteiger partial charge in [0, 0.05) is 12.2 Å². The SMILES string of the molecule is O=C(NC1CCS(=O)(=O)C1)c1cncc(Nc2c(F)cccc2F)c1. The van der Waals surface area contributed by atoms with Crippen LogP contribution >= 0.6 is 0 Å². The molecule has 1 aromatic heterocycles. The number of nitrogens with zero attached hydrogens (tertiary/aromatic N) is 1. The maximum absolute atomic E-state index is 13.7. The number of anilines is 2. The smallest absolute Gasteiger partial charge is 0.253 e. The van der Waals surface area contributed by atoms with E-state index in [4.69, 9.17) is 0 Å². The summed E-state index contributed by atoms with van der Waals surface area (Å²) < 4.78 is 50.2. The molecule has 6 nitrogen and oxygen atoms in total. The standard InChI is InChI=1S/C16H15F2N3O3S/c17-13-2-1-3-14(18)15(13)20-12-6-10(7-19-8-12)16(22)21-11-4-5-25(23,24)9-11/h1-3,6-8,11,20H,4-5,9H2,(H,21,22). The Hall–Kier alpha value is -2.55. The van der Waals surface area contributed by atoms with Crippen molar-refractivity contribution in [2.75, 3.05) is 16.8 Å². The molecule has 25 heavy (non-hydrogen) atoms. The van der Waals surface area contributed by atoms with Crippen LogP contribution in [0.2, 0.25) is 0 Å². The highest BCUT2D eigenvalue weighted by atomic mass is 32.2. The number of carbonyl (C=O) groups excluding carboxylic acids is 1. The number of sulfone groups is 1. The van der Waals surface area contributed by atoms with Crippen LogP contribution < -0.4 is 10.6 Å². The maximum atomic E-state index is 13.7. The van der Waals surface area contributed by atoms with Crippen molar-refractivity contribution in [2.45, 2.75) is 12.5 Å². The molecule has 1 aliphatic rings. The highest BCUT2D eigenvalue weighted by Gasteiger charge is 2.29. The molecule has 9 heteroatoms. The second kappa shape index (κ2) is 6.75. The van der Waals surface area contributed by atoms with Crippen molar-refractivity contribution in [1.82, 2.24) is 10.3 Å². The number of carbonyl (C=O) groups is 1. The summed E-state index contributed by atoms with van der Waals surface area (Å²) >= 11 is 0. The number of halogens is 2. The van der Waals surface area contributed by atoms with Gasteiger partial charge in [0.2, 0.25) is 0 Å². The Balaban J connectivity index is 1.74. The van der Waals surface area contributed by atoms with Gasteiger partial charge in [-0.25, -0.2) is 17.2 Å². The van der Waals surface area contributed by atoms with Gasteiger partial charge in [0.15, 0.2) is 9.84 Å². The summed E-state index contributed by atoms with van der Waals surface area (Å²) in [7, 11) is -3.11. The highest BCUT2D eigenvalue weighted by molar-refractivity contribution is 7.91. The largest absolute Gasteiger partial charge is 0.349 e. The number of nitrogens with one attached hydrogen (secondary N) is 2. The Morgan fingerprint density at radius 1 is 1.20 bits per heavy atom. The Bertz CT molecular complexity index is 898. The molecule has 0 bridgehead atoms. The first-order valence-electron chi connectivity index (χ1n) is 7.51. The van der Waals surface area contributed by atoms with Crippen LogP contribution in [0.1, 0.15) is 16.8 Å². The van der Waals surface area contributed by atoms with E-state index < -0.39 is 33.4 Å². The summed E-state index contributed by atoms with van der Waals surface area (Å²) in [5.74, 6) is -2.08. The molecule has 1 saturated heterocycles. The summed E-state index contributed by atoms with van der Waals surface area (Å²) in [4.78, 5) is 16.1. The molecule has 1 unspecified atom stereocenters. The Morgan fingerprint density at radius 2 is 1.92 bits per heavy atom. The molecule has 0 aliphatic carbocycles. The van der Waals surface area contributed by atoms with E-state index >= 15 is 0 Å². The molecule has 3 rings (SSSR count). The third kappa shape index (κ3) is 4.11. The van der Waals surface area contributed by atoms with Crippen molar-refractivity contribution >= 4 is 27.1 Å². The predicted octanol–water partition coefficient (Wildman–Crippen LogP) is 2.02. The highest BCUT2D eigenvalue weighted by Crippen LogP contribution is 2.23. The van der Waals surface area contributed by atoms with Gasteiger partial charge in [-0.05, 0) is 24.6 Å².